The maximum atomic E-state index is 12.9. The summed E-state index contributed by atoms with van der Waals surface area (Å²) in [7, 11) is 3.45. The van der Waals surface area contributed by atoms with Crippen LogP contribution in [0.2, 0.25) is 0 Å². The van der Waals surface area contributed by atoms with Gasteiger partial charge in [-0.15, -0.1) is 0 Å². The van der Waals surface area contributed by atoms with Gasteiger partial charge < -0.3 is 9.64 Å². The molecule has 0 unspecified atom stereocenters. The fourth-order valence-corrected chi connectivity index (χ4v) is 3.79. The number of aromatic nitrogens is 2. The van der Waals surface area contributed by atoms with Crippen molar-refractivity contribution in [2.45, 2.75) is 0 Å². The monoisotopic (exact) mass is 381 g/mol. The number of carbonyl (C=O) groups excluding carboxylic acids is 1. The van der Waals surface area contributed by atoms with Crippen LogP contribution in [0, 0.1) is 0 Å². The molecule has 4 aromatic rings. The van der Waals surface area contributed by atoms with Crippen LogP contribution in [0.15, 0.2) is 72.9 Å². The van der Waals surface area contributed by atoms with Crippen LogP contribution < -0.4 is 9.64 Å². The summed E-state index contributed by atoms with van der Waals surface area (Å²) in [6.07, 6.45) is 3.88. The van der Waals surface area contributed by atoms with Gasteiger partial charge in [-0.3, -0.25) is 9.20 Å². The van der Waals surface area contributed by atoms with E-state index in [0.717, 1.165) is 39.6 Å². The van der Waals surface area contributed by atoms with Gasteiger partial charge in [0.05, 0.1) is 29.6 Å². The smallest absolute Gasteiger partial charge is 0.258 e. The number of likely N-dealkylation sites (N-methyl/N-ethyl adjacent to an activating group) is 1. The lowest BCUT2D eigenvalue weighted by molar-refractivity contribution is -0.112. The Morgan fingerprint density at radius 1 is 0.966 bits per heavy atom. The van der Waals surface area contributed by atoms with Crippen molar-refractivity contribution in [3.05, 3.63) is 84.2 Å². The van der Waals surface area contributed by atoms with Crippen molar-refractivity contribution in [1.29, 1.82) is 0 Å². The van der Waals surface area contributed by atoms with E-state index in [2.05, 4.69) is 0 Å². The summed E-state index contributed by atoms with van der Waals surface area (Å²) in [6.45, 7) is 0. The summed E-state index contributed by atoms with van der Waals surface area (Å²) in [5, 5.41) is 0. The van der Waals surface area contributed by atoms with Gasteiger partial charge in [-0.2, -0.15) is 0 Å². The molecule has 3 heterocycles. The Labute approximate surface area is 168 Å². The first-order chi connectivity index (χ1) is 14.2. The Kier molecular flexibility index (Phi) is 3.95. The molecule has 0 radical (unpaired) electrons. The first kappa shape index (κ1) is 17.3. The van der Waals surface area contributed by atoms with E-state index >= 15 is 0 Å². The molecular formula is C24H19N3O2. The third-order valence-electron chi connectivity index (χ3n) is 5.30. The number of hydrogen-bond donors (Lipinski definition) is 0. The Bertz CT molecular complexity index is 1270. The molecule has 2 aromatic carbocycles. The summed E-state index contributed by atoms with van der Waals surface area (Å²) in [6, 6.07) is 21.6. The van der Waals surface area contributed by atoms with Gasteiger partial charge in [0.25, 0.3) is 5.91 Å². The minimum atomic E-state index is -0.0192. The van der Waals surface area contributed by atoms with Gasteiger partial charge in [0, 0.05) is 24.4 Å². The largest absolute Gasteiger partial charge is 0.497 e. The van der Waals surface area contributed by atoms with Crippen LogP contribution in [-0.4, -0.2) is 29.4 Å². The van der Waals surface area contributed by atoms with E-state index in [-0.39, 0.29) is 5.91 Å². The number of rotatable bonds is 3. The zero-order valence-electron chi connectivity index (χ0n) is 16.2. The molecule has 1 aliphatic heterocycles. The molecule has 1 amide bonds. The van der Waals surface area contributed by atoms with Crippen LogP contribution in [0.1, 0.15) is 11.3 Å². The molecule has 1 aliphatic rings. The van der Waals surface area contributed by atoms with E-state index in [1.807, 2.05) is 83.4 Å². The molecule has 0 N–H and O–H groups in total. The Morgan fingerprint density at radius 2 is 1.72 bits per heavy atom. The second-order valence-electron chi connectivity index (χ2n) is 6.94. The minimum absolute atomic E-state index is 0.0192. The standard InChI is InChI=1S/C24H19N3O2/c1-26-21-8-4-3-7-18(21)19(24(26)28)15-20-22-9-5-6-14-27(22)23(25-20)16-10-12-17(29-2)13-11-16/h3-15H,1-2H3/b19-15-. The maximum absolute atomic E-state index is 12.9. The van der Waals surface area contributed by atoms with Gasteiger partial charge in [0.1, 0.15) is 11.6 Å². The molecule has 0 fully saturated rings. The number of carbonyl (C=O) groups is 1. The topological polar surface area (TPSA) is 46.8 Å². The summed E-state index contributed by atoms with van der Waals surface area (Å²) < 4.78 is 7.31. The molecular weight excluding hydrogens is 362 g/mol. The van der Waals surface area contributed by atoms with Gasteiger partial charge in [-0.25, -0.2) is 4.98 Å². The number of amides is 1. The van der Waals surface area contributed by atoms with Crippen molar-refractivity contribution in [2.24, 2.45) is 0 Å². The van der Waals surface area contributed by atoms with Gasteiger partial charge in [0.15, 0.2) is 0 Å². The molecule has 29 heavy (non-hydrogen) atoms. The molecule has 5 rings (SSSR count). The molecule has 0 saturated heterocycles. The number of fused-ring (bicyclic) bond motifs is 2. The Balaban J connectivity index is 1.69. The summed E-state index contributed by atoms with van der Waals surface area (Å²) in [4.78, 5) is 19.4. The normalized spacial score (nSPS) is 14.6. The summed E-state index contributed by atoms with van der Waals surface area (Å²) in [5.41, 5.74) is 5.21. The third-order valence-corrected chi connectivity index (χ3v) is 5.30. The van der Waals surface area contributed by atoms with Crippen LogP contribution in [-0.2, 0) is 4.79 Å². The number of pyridine rings is 1. The zero-order chi connectivity index (χ0) is 20.0. The van der Waals surface area contributed by atoms with Crippen LogP contribution >= 0.6 is 0 Å². The number of ether oxygens (including phenoxy) is 1. The minimum Gasteiger partial charge on any atom is -0.497 e. The number of para-hydroxylation sites is 1. The maximum Gasteiger partial charge on any atom is 0.258 e. The lowest BCUT2D eigenvalue weighted by Crippen LogP contribution is -2.20. The predicted molar refractivity (Wildman–Crippen MR) is 115 cm³/mol. The molecule has 0 atom stereocenters. The Morgan fingerprint density at radius 3 is 2.52 bits per heavy atom. The average molecular weight is 381 g/mol. The highest BCUT2D eigenvalue weighted by Crippen LogP contribution is 2.37. The molecule has 5 nitrogen and oxygen atoms in total. The lowest BCUT2D eigenvalue weighted by Gasteiger charge is -2.07. The quantitative estimate of drug-likeness (QED) is 0.490. The molecule has 0 aliphatic carbocycles. The van der Waals surface area contributed by atoms with E-state index < -0.39 is 0 Å². The van der Waals surface area contributed by atoms with Crippen LogP contribution in [0.4, 0.5) is 5.69 Å². The number of benzene rings is 2. The fourth-order valence-electron chi connectivity index (χ4n) is 3.79. The van der Waals surface area contributed by atoms with Gasteiger partial charge in [0.2, 0.25) is 0 Å². The van der Waals surface area contributed by atoms with E-state index in [1.54, 1.807) is 19.1 Å². The lowest BCUT2D eigenvalue weighted by atomic mass is 10.1. The van der Waals surface area contributed by atoms with Gasteiger partial charge in [-0.1, -0.05) is 24.3 Å². The predicted octanol–water partition coefficient (Wildman–Crippen LogP) is 4.53. The van der Waals surface area contributed by atoms with Crippen molar-refractivity contribution in [1.82, 2.24) is 9.38 Å². The van der Waals surface area contributed by atoms with Crippen molar-refractivity contribution in [3.8, 4) is 17.1 Å². The highest BCUT2D eigenvalue weighted by molar-refractivity contribution is 6.35. The first-order valence-corrected chi connectivity index (χ1v) is 9.38. The number of anilines is 1. The van der Waals surface area contributed by atoms with Crippen LogP contribution in [0.25, 0.3) is 28.6 Å². The van der Waals surface area contributed by atoms with Crippen molar-refractivity contribution in [2.75, 3.05) is 19.1 Å². The second-order valence-corrected chi connectivity index (χ2v) is 6.94. The first-order valence-electron chi connectivity index (χ1n) is 9.38. The van der Waals surface area contributed by atoms with E-state index in [4.69, 9.17) is 9.72 Å². The van der Waals surface area contributed by atoms with E-state index in [9.17, 15) is 4.79 Å². The summed E-state index contributed by atoms with van der Waals surface area (Å²) in [5.74, 6) is 1.60. The molecule has 5 heteroatoms. The van der Waals surface area contributed by atoms with Crippen LogP contribution in [0.3, 0.4) is 0 Å². The second kappa shape index (κ2) is 6.63. The number of hydrogen-bond acceptors (Lipinski definition) is 3. The number of imidazole rings is 1. The molecule has 0 spiro atoms. The fraction of sp³-hybridized carbons (Fsp3) is 0.0833. The highest BCUT2D eigenvalue weighted by Gasteiger charge is 2.29. The molecule has 0 saturated carbocycles. The van der Waals surface area contributed by atoms with E-state index in [1.165, 1.54) is 0 Å². The van der Waals surface area contributed by atoms with Crippen molar-refractivity contribution < 1.29 is 9.53 Å². The van der Waals surface area contributed by atoms with Crippen molar-refractivity contribution >= 4 is 28.8 Å². The zero-order valence-corrected chi connectivity index (χ0v) is 16.2. The molecule has 2 aromatic heterocycles. The number of nitrogens with zero attached hydrogens (tertiary/aromatic N) is 3. The van der Waals surface area contributed by atoms with Crippen LogP contribution in [0.5, 0.6) is 5.75 Å². The Hall–Kier alpha value is -3.86. The van der Waals surface area contributed by atoms with E-state index in [0.29, 0.717) is 5.57 Å². The number of methoxy groups -OCH3 is 1. The SMILES string of the molecule is COc1ccc(-c2nc(/C=C3\C(=O)N(C)c4ccccc43)c3ccccn23)cc1. The molecule has 142 valence electrons. The van der Waals surface area contributed by atoms with Gasteiger partial charge >= 0.3 is 0 Å². The van der Waals surface area contributed by atoms with Crippen molar-refractivity contribution in [3.63, 3.8) is 0 Å². The third kappa shape index (κ3) is 2.70. The average Bonchev–Trinajstić information content (AvgIpc) is 3.25. The highest BCUT2D eigenvalue weighted by atomic mass is 16.5. The van der Waals surface area contributed by atoms with Gasteiger partial charge in [-0.05, 0) is 48.5 Å². The summed E-state index contributed by atoms with van der Waals surface area (Å²) >= 11 is 0. The molecule has 0 bridgehead atoms.